The Hall–Kier alpha value is -1.61. The molecule has 1 heterocycles. The first-order valence-corrected chi connectivity index (χ1v) is 7.44. The van der Waals surface area contributed by atoms with E-state index in [1.54, 1.807) is 12.1 Å². The van der Waals surface area contributed by atoms with E-state index in [2.05, 4.69) is 11.1 Å². The second kappa shape index (κ2) is 6.02. The Morgan fingerprint density at radius 3 is 2.62 bits per heavy atom. The molecule has 1 unspecified atom stereocenters. The van der Waals surface area contributed by atoms with Crippen molar-refractivity contribution in [1.29, 1.82) is 0 Å². The quantitative estimate of drug-likeness (QED) is 0.755. The predicted molar refractivity (Wildman–Crippen MR) is 88.8 cm³/mol. The molecule has 0 bridgehead atoms. The second-order valence-electron chi connectivity index (χ2n) is 4.97. The zero-order valence-electron chi connectivity index (χ0n) is 11.3. The molecule has 2 nitrogen and oxygen atoms in total. The van der Waals surface area contributed by atoms with Gasteiger partial charge in [0.1, 0.15) is 0 Å². The molecule has 0 fully saturated rings. The molecule has 0 saturated carbocycles. The molecule has 2 N–H and O–H groups in total. The van der Waals surface area contributed by atoms with Crippen LogP contribution in [-0.2, 0) is 6.42 Å². The van der Waals surface area contributed by atoms with Crippen molar-refractivity contribution < 1.29 is 0 Å². The van der Waals surface area contributed by atoms with E-state index in [4.69, 9.17) is 28.9 Å². The number of fused-ring (bicyclic) bond motifs is 1. The topological polar surface area (TPSA) is 38.9 Å². The number of hydrogen-bond acceptors (Lipinski definition) is 2. The van der Waals surface area contributed by atoms with Crippen molar-refractivity contribution in [2.24, 2.45) is 5.73 Å². The fraction of sp³-hybridized carbons (Fsp3) is 0.118. The molecule has 0 aliphatic heterocycles. The molecule has 0 spiro atoms. The lowest BCUT2D eigenvalue weighted by atomic mass is 10.0. The maximum absolute atomic E-state index is 6.25. The van der Waals surface area contributed by atoms with Crippen molar-refractivity contribution in [2.45, 2.75) is 12.5 Å². The summed E-state index contributed by atoms with van der Waals surface area (Å²) in [5.41, 5.74) is 9.07. The highest BCUT2D eigenvalue weighted by Gasteiger charge is 2.12. The van der Waals surface area contributed by atoms with E-state index < -0.39 is 0 Å². The molecule has 21 heavy (non-hydrogen) atoms. The molecule has 1 atom stereocenters. The summed E-state index contributed by atoms with van der Waals surface area (Å²) in [5, 5.41) is 2.33. The Morgan fingerprint density at radius 1 is 1.00 bits per heavy atom. The first-order valence-electron chi connectivity index (χ1n) is 6.69. The number of aromatic nitrogens is 1. The molecule has 0 amide bonds. The Balaban J connectivity index is 1.87. The molecule has 3 aromatic rings. The second-order valence-corrected chi connectivity index (χ2v) is 5.82. The molecular formula is C17H14Cl2N2. The standard InChI is InChI=1S/C17H14Cl2N2/c18-12-6-8-14(15(19)9-12)16(20)10-13-7-5-11-3-1-2-4-17(11)21-13/h1-9,16H,10,20H2. The molecule has 106 valence electrons. The van der Waals surface area contributed by atoms with Crippen LogP contribution in [0.1, 0.15) is 17.3 Å². The number of rotatable bonds is 3. The lowest BCUT2D eigenvalue weighted by molar-refractivity contribution is 0.709. The fourth-order valence-corrected chi connectivity index (χ4v) is 2.91. The molecule has 0 aliphatic rings. The summed E-state index contributed by atoms with van der Waals surface area (Å²) >= 11 is 12.1. The molecule has 3 rings (SSSR count). The molecule has 0 aliphatic carbocycles. The smallest absolute Gasteiger partial charge is 0.0705 e. The molecule has 0 saturated heterocycles. The monoisotopic (exact) mass is 316 g/mol. The van der Waals surface area contributed by atoms with Crippen molar-refractivity contribution >= 4 is 34.1 Å². The van der Waals surface area contributed by atoms with E-state index in [0.29, 0.717) is 16.5 Å². The highest BCUT2D eigenvalue weighted by atomic mass is 35.5. The van der Waals surface area contributed by atoms with Gasteiger partial charge in [0.25, 0.3) is 0 Å². The minimum absolute atomic E-state index is 0.205. The number of nitrogens with zero attached hydrogens (tertiary/aromatic N) is 1. The van der Waals surface area contributed by atoms with Gasteiger partial charge < -0.3 is 5.73 Å². The van der Waals surface area contributed by atoms with Gasteiger partial charge in [-0.3, -0.25) is 4.98 Å². The fourth-order valence-electron chi connectivity index (χ4n) is 2.36. The predicted octanol–water partition coefficient (Wildman–Crippen LogP) is 4.78. The van der Waals surface area contributed by atoms with Crippen LogP contribution in [0, 0.1) is 0 Å². The van der Waals surface area contributed by atoms with E-state index in [1.165, 1.54) is 0 Å². The number of nitrogens with two attached hydrogens (primary N) is 1. The Morgan fingerprint density at radius 2 is 1.81 bits per heavy atom. The number of hydrogen-bond donors (Lipinski definition) is 1. The van der Waals surface area contributed by atoms with Crippen molar-refractivity contribution in [3.8, 4) is 0 Å². The van der Waals surface area contributed by atoms with Gasteiger partial charge in [-0.2, -0.15) is 0 Å². The maximum Gasteiger partial charge on any atom is 0.0705 e. The summed E-state index contributed by atoms with van der Waals surface area (Å²) in [7, 11) is 0. The third-order valence-corrected chi connectivity index (χ3v) is 4.01. The van der Waals surface area contributed by atoms with Gasteiger partial charge in [0.2, 0.25) is 0 Å². The Labute approximate surface area is 133 Å². The maximum atomic E-state index is 6.25. The summed E-state index contributed by atoms with van der Waals surface area (Å²) in [5.74, 6) is 0. The third-order valence-electron chi connectivity index (χ3n) is 3.45. The van der Waals surface area contributed by atoms with Crippen LogP contribution in [0.3, 0.4) is 0 Å². The van der Waals surface area contributed by atoms with Crippen LogP contribution >= 0.6 is 23.2 Å². The Bertz CT molecular complexity index is 787. The molecule has 0 radical (unpaired) electrons. The third kappa shape index (κ3) is 3.18. The van der Waals surface area contributed by atoms with Crippen LogP contribution in [0.5, 0.6) is 0 Å². The van der Waals surface area contributed by atoms with Gasteiger partial charge in [0.05, 0.1) is 5.52 Å². The van der Waals surface area contributed by atoms with Gasteiger partial charge in [0.15, 0.2) is 0 Å². The van der Waals surface area contributed by atoms with Crippen LogP contribution < -0.4 is 5.73 Å². The van der Waals surface area contributed by atoms with Crippen molar-refractivity contribution in [3.05, 3.63) is 75.9 Å². The van der Waals surface area contributed by atoms with Crippen LogP contribution in [0.25, 0.3) is 10.9 Å². The van der Waals surface area contributed by atoms with Gasteiger partial charge in [-0.05, 0) is 29.8 Å². The van der Waals surface area contributed by atoms with Gasteiger partial charge in [-0.1, -0.05) is 53.5 Å². The minimum Gasteiger partial charge on any atom is -0.324 e. The van der Waals surface area contributed by atoms with Gasteiger partial charge in [0, 0.05) is 33.6 Å². The van der Waals surface area contributed by atoms with Crippen LogP contribution in [0.4, 0.5) is 0 Å². The van der Waals surface area contributed by atoms with Crippen LogP contribution in [-0.4, -0.2) is 4.98 Å². The van der Waals surface area contributed by atoms with E-state index in [-0.39, 0.29) is 6.04 Å². The molecule has 4 heteroatoms. The normalized spacial score (nSPS) is 12.5. The van der Waals surface area contributed by atoms with Gasteiger partial charge >= 0.3 is 0 Å². The molecule has 2 aromatic carbocycles. The number of benzene rings is 2. The zero-order chi connectivity index (χ0) is 14.8. The van der Waals surface area contributed by atoms with Crippen LogP contribution in [0.15, 0.2) is 54.6 Å². The first-order chi connectivity index (χ1) is 10.1. The summed E-state index contributed by atoms with van der Waals surface area (Å²) in [6, 6.07) is 17.3. The van der Waals surface area contributed by atoms with E-state index >= 15 is 0 Å². The SMILES string of the molecule is NC(Cc1ccc2ccccc2n1)c1ccc(Cl)cc1Cl. The lowest BCUT2D eigenvalue weighted by Gasteiger charge is -2.14. The average Bonchev–Trinajstić information content (AvgIpc) is 2.47. The average molecular weight is 317 g/mol. The number of para-hydroxylation sites is 1. The summed E-state index contributed by atoms with van der Waals surface area (Å²) in [4.78, 5) is 4.64. The number of halogens is 2. The van der Waals surface area contributed by atoms with Crippen LogP contribution in [0.2, 0.25) is 10.0 Å². The van der Waals surface area contributed by atoms with E-state index in [9.17, 15) is 0 Å². The summed E-state index contributed by atoms with van der Waals surface area (Å²) in [6.45, 7) is 0. The van der Waals surface area contributed by atoms with Crippen molar-refractivity contribution in [3.63, 3.8) is 0 Å². The molecular weight excluding hydrogens is 303 g/mol. The minimum atomic E-state index is -0.205. The van der Waals surface area contributed by atoms with Crippen molar-refractivity contribution in [1.82, 2.24) is 4.98 Å². The lowest BCUT2D eigenvalue weighted by Crippen LogP contribution is -2.14. The van der Waals surface area contributed by atoms with E-state index in [0.717, 1.165) is 22.2 Å². The highest BCUT2D eigenvalue weighted by Crippen LogP contribution is 2.27. The van der Waals surface area contributed by atoms with Crippen molar-refractivity contribution in [2.75, 3.05) is 0 Å². The molecule has 1 aromatic heterocycles. The van der Waals surface area contributed by atoms with E-state index in [1.807, 2.05) is 36.4 Å². The van der Waals surface area contributed by atoms with Gasteiger partial charge in [-0.25, -0.2) is 0 Å². The zero-order valence-corrected chi connectivity index (χ0v) is 12.8. The largest absolute Gasteiger partial charge is 0.324 e. The summed E-state index contributed by atoms with van der Waals surface area (Å²) in [6.07, 6.45) is 0.631. The van der Waals surface area contributed by atoms with Gasteiger partial charge in [-0.15, -0.1) is 0 Å². The summed E-state index contributed by atoms with van der Waals surface area (Å²) < 4.78 is 0. The Kier molecular flexibility index (Phi) is 4.11. The first kappa shape index (κ1) is 14.3. The number of pyridine rings is 1. The highest BCUT2D eigenvalue weighted by molar-refractivity contribution is 6.35.